The Hall–Kier alpha value is -1.60. The molecule has 2 saturated heterocycles. The zero-order valence-electron chi connectivity index (χ0n) is 14.6. The van der Waals surface area contributed by atoms with Gasteiger partial charge in [0.2, 0.25) is 0 Å². The Bertz CT molecular complexity index is 664. The van der Waals surface area contributed by atoms with E-state index in [1.54, 1.807) is 4.90 Å². The molecular weight excluding hydrogens is 338 g/mol. The van der Waals surface area contributed by atoms with Gasteiger partial charge >= 0.3 is 6.03 Å². The Balaban J connectivity index is 1.34. The molecule has 1 atom stereocenters. The molecule has 2 aliphatic rings. The van der Waals surface area contributed by atoms with Crippen molar-refractivity contribution in [2.24, 2.45) is 5.92 Å². The molecule has 25 heavy (non-hydrogen) atoms. The Morgan fingerprint density at radius 1 is 1.12 bits per heavy atom. The largest absolute Gasteiger partial charge is 0.338 e. The van der Waals surface area contributed by atoms with Crippen molar-refractivity contribution in [1.29, 1.82) is 0 Å². The summed E-state index contributed by atoms with van der Waals surface area (Å²) in [5, 5.41) is 2.94. The summed E-state index contributed by atoms with van der Waals surface area (Å²) >= 11 is 0. The van der Waals surface area contributed by atoms with Gasteiger partial charge in [0, 0.05) is 32.7 Å². The Labute approximate surface area is 150 Å². The zero-order chi connectivity index (χ0) is 17.7. The zero-order valence-corrected chi connectivity index (χ0v) is 15.4. The molecule has 0 saturated carbocycles. The summed E-state index contributed by atoms with van der Waals surface area (Å²) in [6.45, 7) is 4.45. The van der Waals surface area contributed by atoms with Gasteiger partial charge in [-0.1, -0.05) is 30.3 Å². The number of carbonyl (C=O) groups excluding carboxylic acids is 1. The smallest absolute Gasteiger partial charge is 0.317 e. The molecule has 6 nitrogen and oxygen atoms in total. The fraction of sp³-hybridized carbons (Fsp3) is 0.611. The minimum atomic E-state index is -2.94. The highest BCUT2D eigenvalue weighted by atomic mass is 32.2. The third-order valence-electron chi connectivity index (χ3n) is 5.08. The maximum Gasteiger partial charge on any atom is 0.317 e. The molecule has 1 aromatic carbocycles. The van der Waals surface area contributed by atoms with Crippen LogP contribution in [-0.4, -0.2) is 68.5 Å². The molecule has 138 valence electrons. The van der Waals surface area contributed by atoms with Crippen molar-refractivity contribution < 1.29 is 13.2 Å². The lowest BCUT2D eigenvalue weighted by Gasteiger charge is -2.27. The maximum atomic E-state index is 12.1. The molecular formula is C18H27N3O3S. The number of urea groups is 1. The molecule has 0 aliphatic carbocycles. The molecule has 0 unspecified atom stereocenters. The molecule has 0 spiro atoms. The van der Waals surface area contributed by atoms with Crippen molar-refractivity contribution in [3.63, 3.8) is 0 Å². The van der Waals surface area contributed by atoms with E-state index in [1.807, 2.05) is 6.07 Å². The summed E-state index contributed by atoms with van der Waals surface area (Å²) in [5.74, 6) is 0.778. The van der Waals surface area contributed by atoms with E-state index in [9.17, 15) is 13.2 Å². The molecule has 2 amide bonds. The summed E-state index contributed by atoms with van der Waals surface area (Å²) in [6, 6.07) is 10.4. The number of rotatable bonds is 5. The third kappa shape index (κ3) is 5.44. The highest BCUT2D eigenvalue weighted by molar-refractivity contribution is 7.91. The average Bonchev–Trinajstić information content (AvgIpc) is 3.03. The second-order valence-corrected chi connectivity index (χ2v) is 9.34. The minimum Gasteiger partial charge on any atom is -0.338 e. The number of nitrogens with zero attached hydrogens (tertiary/aromatic N) is 2. The van der Waals surface area contributed by atoms with Gasteiger partial charge in [0.25, 0.3) is 0 Å². The first-order chi connectivity index (χ1) is 12.0. The average molecular weight is 365 g/mol. The summed E-state index contributed by atoms with van der Waals surface area (Å²) in [7, 11) is -2.94. The molecule has 2 aliphatic heterocycles. The standard InChI is InChI=1S/C18H27N3O3S/c22-18(21-10-12-25(23,24)13-11-21)19-8-6-17-7-9-20(15-17)14-16-4-2-1-3-5-16/h1-5,17H,6-15H2,(H,19,22)/t17-/m0/s1. The predicted molar refractivity (Wildman–Crippen MR) is 98.1 cm³/mol. The SMILES string of the molecule is O=C(NCC[C@H]1CCN(Cc2ccccc2)C1)N1CCS(=O)(=O)CC1. The number of likely N-dealkylation sites (tertiary alicyclic amines) is 1. The van der Waals surface area contributed by atoms with Crippen LogP contribution in [0.15, 0.2) is 30.3 Å². The molecule has 2 heterocycles. The first-order valence-electron chi connectivity index (χ1n) is 9.01. The first kappa shape index (κ1) is 18.2. The van der Waals surface area contributed by atoms with Crippen LogP contribution in [0.3, 0.4) is 0 Å². The van der Waals surface area contributed by atoms with Gasteiger partial charge in [-0.25, -0.2) is 13.2 Å². The molecule has 0 aromatic heterocycles. The minimum absolute atomic E-state index is 0.0808. The number of nitrogens with one attached hydrogen (secondary N) is 1. The first-order valence-corrected chi connectivity index (χ1v) is 10.8. The van der Waals surface area contributed by atoms with Gasteiger partial charge in [0.15, 0.2) is 9.84 Å². The van der Waals surface area contributed by atoms with Crippen LogP contribution in [0.4, 0.5) is 4.79 Å². The van der Waals surface area contributed by atoms with E-state index >= 15 is 0 Å². The topological polar surface area (TPSA) is 69.7 Å². The Kier molecular flexibility index (Phi) is 5.96. The number of benzene rings is 1. The summed E-state index contributed by atoms with van der Waals surface area (Å²) < 4.78 is 22.8. The summed E-state index contributed by atoms with van der Waals surface area (Å²) in [4.78, 5) is 16.2. The van der Waals surface area contributed by atoms with Gasteiger partial charge in [-0.05, 0) is 30.9 Å². The summed E-state index contributed by atoms with van der Waals surface area (Å²) in [5.41, 5.74) is 1.34. The number of sulfone groups is 1. The fourth-order valence-electron chi connectivity index (χ4n) is 3.54. The number of hydrogen-bond donors (Lipinski definition) is 1. The molecule has 7 heteroatoms. The lowest BCUT2D eigenvalue weighted by atomic mass is 10.1. The molecule has 3 rings (SSSR count). The monoisotopic (exact) mass is 365 g/mol. The van der Waals surface area contributed by atoms with Crippen LogP contribution in [0.1, 0.15) is 18.4 Å². The molecule has 1 N–H and O–H groups in total. The lowest BCUT2D eigenvalue weighted by Crippen LogP contribution is -2.48. The van der Waals surface area contributed by atoms with Gasteiger partial charge in [0.1, 0.15) is 0 Å². The van der Waals surface area contributed by atoms with Crippen molar-refractivity contribution >= 4 is 15.9 Å². The number of amides is 2. The van der Waals surface area contributed by atoms with Gasteiger partial charge in [-0.3, -0.25) is 4.90 Å². The number of hydrogen-bond acceptors (Lipinski definition) is 4. The molecule has 0 radical (unpaired) electrons. The van der Waals surface area contributed by atoms with Crippen LogP contribution < -0.4 is 5.32 Å². The van der Waals surface area contributed by atoms with E-state index in [1.165, 1.54) is 12.0 Å². The quantitative estimate of drug-likeness (QED) is 0.855. The Morgan fingerprint density at radius 3 is 2.56 bits per heavy atom. The highest BCUT2D eigenvalue weighted by Crippen LogP contribution is 2.21. The van der Waals surface area contributed by atoms with Crippen LogP contribution in [0, 0.1) is 5.92 Å². The third-order valence-corrected chi connectivity index (χ3v) is 6.69. The van der Waals surface area contributed by atoms with Crippen molar-refractivity contribution in [2.75, 3.05) is 44.2 Å². The van der Waals surface area contributed by atoms with Crippen LogP contribution in [0.5, 0.6) is 0 Å². The van der Waals surface area contributed by atoms with Gasteiger partial charge in [-0.2, -0.15) is 0 Å². The fourth-order valence-corrected chi connectivity index (χ4v) is 4.75. The molecule has 1 aromatic rings. The highest BCUT2D eigenvalue weighted by Gasteiger charge is 2.26. The van der Waals surface area contributed by atoms with Crippen LogP contribution in [0.2, 0.25) is 0 Å². The van der Waals surface area contributed by atoms with Crippen LogP contribution >= 0.6 is 0 Å². The maximum absolute atomic E-state index is 12.1. The van der Waals surface area contributed by atoms with Gasteiger partial charge < -0.3 is 10.2 Å². The van der Waals surface area contributed by atoms with Crippen molar-refractivity contribution in [1.82, 2.24) is 15.1 Å². The van der Waals surface area contributed by atoms with Crippen molar-refractivity contribution in [3.05, 3.63) is 35.9 Å². The lowest BCUT2D eigenvalue weighted by molar-refractivity contribution is 0.201. The van der Waals surface area contributed by atoms with E-state index in [0.29, 0.717) is 25.6 Å². The van der Waals surface area contributed by atoms with E-state index in [2.05, 4.69) is 34.5 Å². The normalized spacial score (nSPS) is 23.5. The van der Waals surface area contributed by atoms with Crippen molar-refractivity contribution in [2.45, 2.75) is 19.4 Å². The second kappa shape index (κ2) is 8.19. The van der Waals surface area contributed by atoms with E-state index < -0.39 is 9.84 Å². The Morgan fingerprint density at radius 2 is 1.84 bits per heavy atom. The van der Waals surface area contributed by atoms with Crippen molar-refractivity contribution in [3.8, 4) is 0 Å². The van der Waals surface area contributed by atoms with Gasteiger partial charge in [0.05, 0.1) is 11.5 Å². The van der Waals surface area contributed by atoms with E-state index in [4.69, 9.17) is 0 Å². The van der Waals surface area contributed by atoms with Crippen LogP contribution in [0.25, 0.3) is 0 Å². The molecule has 0 bridgehead atoms. The van der Waals surface area contributed by atoms with E-state index in [-0.39, 0.29) is 17.5 Å². The second-order valence-electron chi connectivity index (χ2n) is 7.03. The molecule has 2 fully saturated rings. The van der Waals surface area contributed by atoms with E-state index in [0.717, 1.165) is 26.1 Å². The number of carbonyl (C=O) groups is 1. The predicted octanol–water partition coefficient (Wildman–Crippen LogP) is 1.34. The summed E-state index contributed by atoms with van der Waals surface area (Å²) in [6.07, 6.45) is 2.15. The van der Waals surface area contributed by atoms with Gasteiger partial charge in [-0.15, -0.1) is 0 Å². The van der Waals surface area contributed by atoms with Crippen LogP contribution in [-0.2, 0) is 16.4 Å².